The summed E-state index contributed by atoms with van der Waals surface area (Å²) in [5.41, 5.74) is 6.24. The van der Waals surface area contributed by atoms with Gasteiger partial charge in [-0.25, -0.2) is 0 Å². The lowest BCUT2D eigenvalue weighted by molar-refractivity contribution is 0.306. The van der Waals surface area contributed by atoms with Crippen LogP contribution in [0.3, 0.4) is 0 Å². The molecule has 0 aliphatic carbocycles. The Kier molecular flexibility index (Phi) is 7.47. The number of halogens is 1. The maximum Gasteiger partial charge on any atom is 0.119 e. The van der Waals surface area contributed by atoms with Gasteiger partial charge >= 0.3 is 0 Å². The summed E-state index contributed by atoms with van der Waals surface area (Å²) in [6.45, 7) is 0.581. The number of hydrazone groups is 1. The van der Waals surface area contributed by atoms with Gasteiger partial charge in [0, 0.05) is 25.0 Å². The summed E-state index contributed by atoms with van der Waals surface area (Å²) in [4.78, 5) is 3.96. The molecule has 4 nitrogen and oxygen atoms in total. The van der Waals surface area contributed by atoms with Crippen molar-refractivity contribution in [2.45, 2.75) is 13.0 Å². The number of benzene rings is 2. The van der Waals surface area contributed by atoms with Crippen LogP contribution in [0.15, 0.2) is 84.2 Å². The van der Waals surface area contributed by atoms with E-state index in [1.54, 1.807) is 12.4 Å². The number of anilines is 1. The number of nitrogens with zero attached hydrogens (tertiary/aromatic N) is 2. The summed E-state index contributed by atoms with van der Waals surface area (Å²) in [7, 11) is 0. The van der Waals surface area contributed by atoms with E-state index in [2.05, 4.69) is 39.8 Å². The van der Waals surface area contributed by atoms with Crippen molar-refractivity contribution in [1.29, 1.82) is 0 Å². The predicted octanol–water partition coefficient (Wildman–Crippen LogP) is 4.72. The largest absolute Gasteiger partial charge is 0.489 e. The predicted molar refractivity (Wildman–Crippen MR) is 105 cm³/mol. The van der Waals surface area contributed by atoms with Gasteiger partial charge in [-0.2, -0.15) is 5.10 Å². The number of aromatic nitrogens is 1. The third-order valence-electron chi connectivity index (χ3n) is 3.46. The van der Waals surface area contributed by atoms with Gasteiger partial charge in [-0.3, -0.25) is 10.4 Å². The molecular formula is C20H20ClN3O. The monoisotopic (exact) mass is 353 g/mol. The Morgan fingerprint density at radius 2 is 1.60 bits per heavy atom. The first kappa shape index (κ1) is 18.5. The summed E-state index contributed by atoms with van der Waals surface area (Å²) in [6, 6.07) is 22.0. The highest BCUT2D eigenvalue weighted by Crippen LogP contribution is 2.14. The van der Waals surface area contributed by atoms with E-state index in [1.807, 2.05) is 48.7 Å². The van der Waals surface area contributed by atoms with Gasteiger partial charge in [0.05, 0.1) is 5.69 Å². The lowest BCUT2D eigenvalue weighted by atomic mass is 10.1. The molecule has 1 N–H and O–H groups in total. The molecule has 3 rings (SSSR count). The number of hydrogen-bond acceptors (Lipinski definition) is 4. The average Bonchev–Trinajstić information content (AvgIpc) is 2.66. The number of rotatable bonds is 7. The quantitative estimate of drug-likeness (QED) is 0.493. The van der Waals surface area contributed by atoms with Crippen molar-refractivity contribution in [2.24, 2.45) is 5.10 Å². The van der Waals surface area contributed by atoms with Gasteiger partial charge in [0.15, 0.2) is 0 Å². The van der Waals surface area contributed by atoms with E-state index < -0.39 is 0 Å². The van der Waals surface area contributed by atoms with Crippen LogP contribution in [0.1, 0.15) is 11.1 Å². The van der Waals surface area contributed by atoms with Crippen LogP contribution in [0.5, 0.6) is 5.75 Å². The Morgan fingerprint density at radius 3 is 2.32 bits per heavy atom. The first-order chi connectivity index (χ1) is 11.9. The van der Waals surface area contributed by atoms with Crippen molar-refractivity contribution in [3.8, 4) is 5.75 Å². The fourth-order valence-electron chi connectivity index (χ4n) is 2.16. The molecule has 0 unspecified atom stereocenters. The van der Waals surface area contributed by atoms with Crippen molar-refractivity contribution in [3.05, 3.63) is 90.3 Å². The molecule has 25 heavy (non-hydrogen) atoms. The summed E-state index contributed by atoms with van der Waals surface area (Å²) in [5.74, 6) is 0.870. The molecule has 0 atom stereocenters. The minimum Gasteiger partial charge on any atom is -0.489 e. The molecule has 0 bridgehead atoms. The molecule has 1 aromatic heterocycles. The lowest BCUT2D eigenvalue weighted by Crippen LogP contribution is -1.96. The summed E-state index contributed by atoms with van der Waals surface area (Å²) >= 11 is 0. The first-order valence-corrected chi connectivity index (χ1v) is 7.83. The van der Waals surface area contributed by atoms with Crippen LogP contribution in [-0.2, 0) is 13.0 Å². The maximum absolute atomic E-state index is 5.78. The molecule has 0 saturated heterocycles. The van der Waals surface area contributed by atoms with Gasteiger partial charge in [-0.15, -0.1) is 12.4 Å². The third kappa shape index (κ3) is 6.28. The Hall–Kier alpha value is -2.85. The van der Waals surface area contributed by atoms with Crippen LogP contribution in [-0.4, -0.2) is 11.2 Å². The normalized spacial score (nSPS) is 10.2. The second kappa shape index (κ2) is 10.1. The second-order valence-electron chi connectivity index (χ2n) is 5.28. The fraction of sp³-hybridized carbons (Fsp3) is 0.100. The van der Waals surface area contributed by atoms with Crippen LogP contribution in [0, 0.1) is 0 Å². The summed E-state index contributed by atoms with van der Waals surface area (Å²) < 4.78 is 5.78. The molecular weight excluding hydrogens is 334 g/mol. The van der Waals surface area contributed by atoms with Crippen LogP contribution >= 0.6 is 12.4 Å². The molecule has 5 heteroatoms. The van der Waals surface area contributed by atoms with E-state index in [4.69, 9.17) is 4.74 Å². The minimum atomic E-state index is 0. The molecule has 0 amide bonds. The Balaban J connectivity index is 0.00000225. The second-order valence-corrected chi connectivity index (χ2v) is 5.28. The molecule has 0 aliphatic rings. The average molecular weight is 354 g/mol. The molecule has 2 aromatic carbocycles. The number of pyridine rings is 1. The van der Waals surface area contributed by atoms with Gasteiger partial charge in [0.25, 0.3) is 0 Å². The van der Waals surface area contributed by atoms with E-state index in [9.17, 15) is 0 Å². The van der Waals surface area contributed by atoms with Gasteiger partial charge in [0.2, 0.25) is 0 Å². The van der Waals surface area contributed by atoms with E-state index in [-0.39, 0.29) is 12.4 Å². The highest BCUT2D eigenvalue weighted by molar-refractivity contribution is 5.85. The van der Waals surface area contributed by atoms with Crippen LogP contribution < -0.4 is 10.2 Å². The van der Waals surface area contributed by atoms with Crippen molar-refractivity contribution in [3.63, 3.8) is 0 Å². The minimum absolute atomic E-state index is 0. The summed E-state index contributed by atoms with van der Waals surface area (Å²) in [5, 5.41) is 4.20. The topological polar surface area (TPSA) is 46.5 Å². The number of nitrogens with one attached hydrogen (secondary N) is 1. The molecule has 0 aliphatic heterocycles. The standard InChI is InChI=1S/C20H19N3O.ClH/c1-2-4-18(5-3-1)16-24-20-8-6-17(7-9-20)10-15-22-23-19-11-13-21-14-12-19;/h1-9,11-15H,10,16H2,(H,21,23);1H/b22-15+;. The van der Waals surface area contributed by atoms with Gasteiger partial charge in [-0.1, -0.05) is 42.5 Å². The Morgan fingerprint density at radius 1 is 0.880 bits per heavy atom. The molecule has 3 aromatic rings. The van der Waals surface area contributed by atoms with E-state index >= 15 is 0 Å². The highest BCUT2D eigenvalue weighted by Gasteiger charge is 1.96. The zero-order valence-corrected chi connectivity index (χ0v) is 14.5. The Labute approximate surface area is 154 Å². The molecule has 1 heterocycles. The van der Waals surface area contributed by atoms with E-state index in [0.717, 1.165) is 23.4 Å². The Bertz CT molecular complexity index is 762. The third-order valence-corrected chi connectivity index (χ3v) is 3.46. The summed E-state index contributed by atoms with van der Waals surface area (Å²) in [6.07, 6.45) is 6.06. The zero-order chi connectivity index (χ0) is 16.5. The lowest BCUT2D eigenvalue weighted by Gasteiger charge is -2.06. The zero-order valence-electron chi connectivity index (χ0n) is 13.7. The molecule has 0 radical (unpaired) electrons. The maximum atomic E-state index is 5.78. The molecule has 128 valence electrons. The van der Waals surface area contributed by atoms with E-state index in [1.165, 1.54) is 5.56 Å². The van der Waals surface area contributed by atoms with Crippen molar-refractivity contribution >= 4 is 24.3 Å². The van der Waals surface area contributed by atoms with Crippen LogP contribution in [0.4, 0.5) is 5.69 Å². The fourth-order valence-corrected chi connectivity index (χ4v) is 2.16. The number of hydrogen-bond donors (Lipinski definition) is 1. The van der Waals surface area contributed by atoms with Gasteiger partial charge in [0.1, 0.15) is 12.4 Å². The molecule has 0 fully saturated rings. The molecule has 0 saturated carbocycles. The van der Waals surface area contributed by atoms with Crippen LogP contribution in [0.2, 0.25) is 0 Å². The van der Waals surface area contributed by atoms with Gasteiger partial charge in [-0.05, 0) is 35.4 Å². The SMILES string of the molecule is C(/Cc1ccc(OCc2ccccc2)cc1)=N\Nc1ccncc1.Cl. The number of ether oxygens (including phenoxy) is 1. The van der Waals surface area contributed by atoms with Crippen LogP contribution in [0.25, 0.3) is 0 Å². The van der Waals surface area contributed by atoms with Crippen molar-refractivity contribution in [1.82, 2.24) is 4.98 Å². The van der Waals surface area contributed by atoms with E-state index in [0.29, 0.717) is 6.61 Å². The van der Waals surface area contributed by atoms with Crippen molar-refractivity contribution < 1.29 is 4.74 Å². The molecule has 0 spiro atoms. The highest BCUT2D eigenvalue weighted by atomic mass is 35.5. The first-order valence-electron chi connectivity index (χ1n) is 7.83. The smallest absolute Gasteiger partial charge is 0.119 e. The van der Waals surface area contributed by atoms with Crippen molar-refractivity contribution in [2.75, 3.05) is 5.43 Å². The van der Waals surface area contributed by atoms with Gasteiger partial charge < -0.3 is 4.74 Å².